The molecule has 1 saturated heterocycles. The highest BCUT2D eigenvalue weighted by Crippen LogP contribution is 2.27. The van der Waals surface area contributed by atoms with Crippen LogP contribution in [0.15, 0.2) is 36.7 Å². The Morgan fingerprint density at radius 3 is 2.67 bits per heavy atom. The lowest BCUT2D eigenvalue weighted by Crippen LogP contribution is -2.39. The van der Waals surface area contributed by atoms with E-state index in [9.17, 15) is 4.79 Å². The van der Waals surface area contributed by atoms with Crippen LogP contribution < -0.4 is 0 Å². The molecule has 0 radical (unpaired) electrons. The maximum Gasteiger partial charge on any atom is 0.254 e. The van der Waals surface area contributed by atoms with Crippen LogP contribution in [-0.2, 0) is 6.54 Å². The van der Waals surface area contributed by atoms with Gasteiger partial charge in [-0.05, 0) is 62.8 Å². The van der Waals surface area contributed by atoms with Crippen molar-refractivity contribution in [3.05, 3.63) is 59.0 Å². The van der Waals surface area contributed by atoms with E-state index < -0.39 is 0 Å². The Labute approximate surface area is 160 Å². The van der Waals surface area contributed by atoms with Crippen molar-refractivity contribution < 1.29 is 4.79 Å². The van der Waals surface area contributed by atoms with Crippen molar-refractivity contribution in [1.82, 2.24) is 19.7 Å². The molecule has 1 aliphatic heterocycles. The Hall–Kier alpha value is -2.69. The van der Waals surface area contributed by atoms with Crippen LogP contribution in [0.25, 0.3) is 10.9 Å². The number of fused-ring (bicyclic) bond motifs is 1. The van der Waals surface area contributed by atoms with Crippen LogP contribution in [-0.4, -0.2) is 38.7 Å². The van der Waals surface area contributed by atoms with Crippen molar-refractivity contribution in [3.63, 3.8) is 0 Å². The van der Waals surface area contributed by atoms with Crippen molar-refractivity contribution in [3.8, 4) is 0 Å². The highest BCUT2D eigenvalue weighted by Gasteiger charge is 2.25. The molecular formula is C22H26N4O. The maximum atomic E-state index is 13.3. The quantitative estimate of drug-likeness (QED) is 0.710. The molecule has 140 valence electrons. The molecule has 1 aromatic carbocycles. The number of carbonyl (C=O) groups excluding carboxylic acids is 1. The van der Waals surface area contributed by atoms with Gasteiger partial charge in [-0.25, -0.2) is 0 Å². The SMILES string of the molecule is Cc1cc(C(=O)N2CCC(Cn3cccn3)CC2)c2ccc(C)c(C)c2n1. The summed E-state index contributed by atoms with van der Waals surface area (Å²) in [6.07, 6.45) is 5.87. The first-order valence-electron chi connectivity index (χ1n) is 9.67. The fourth-order valence-electron chi connectivity index (χ4n) is 4.00. The van der Waals surface area contributed by atoms with E-state index in [0.717, 1.165) is 60.2 Å². The molecule has 27 heavy (non-hydrogen) atoms. The summed E-state index contributed by atoms with van der Waals surface area (Å²) in [6, 6.07) is 8.03. The fourth-order valence-corrected chi connectivity index (χ4v) is 4.00. The lowest BCUT2D eigenvalue weighted by Gasteiger charge is -2.32. The molecule has 0 saturated carbocycles. The zero-order valence-electron chi connectivity index (χ0n) is 16.3. The van der Waals surface area contributed by atoms with Gasteiger partial charge in [0.1, 0.15) is 0 Å². The predicted molar refractivity (Wildman–Crippen MR) is 107 cm³/mol. The van der Waals surface area contributed by atoms with Gasteiger partial charge in [-0.15, -0.1) is 0 Å². The van der Waals surface area contributed by atoms with Crippen LogP contribution in [0.3, 0.4) is 0 Å². The Morgan fingerprint density at radius 2 is 1.96 bits per heavy atom. The van der Waals surface area contributed by atoms with E-state index in [1.54, 1.807) is 0 Å². The molecule has 1 fully saturated rings. The first kappa shape index (κ1) is 17.7. The van der Waals surface area contributed by atoms with Gasteiger partial charge < -0.3 is 4.90 Å². The summed E-state index contributed by atoms with van der Waals surface area (Å²) in [5.74, 6) is 0.709. The molecule has 0 bridgehead atoms. The molecule has 1 amide bonds. The van der Waals surface area contributed by atoms with E-state index in [2.05, 4.69) is 25.0 Å². The molecule has 3 aromatic rings. The third-order valence-corrected chi connectivity index (χ3v) is 5.77. The fraction of sp³-hybridized carbons (Fsp3) is 0.409. The van der Waals surface area contributed by atoms with Gasteiger partial charge in [-0.3, -0.25) is 14.5 Å². The Bertz CT molecular complexity index is 970. The second-order valence-corrected chi connectivity index (χ2v) is 7.68. The summed E-state index contributed by atoms with van der Waals surface area (Å²) in [7, 11) is 0. The summed E-state index contributed by atoms with van der Waals surface area (Å²) in [5.41, 5.74) is 4.99. The van der Waals surface area contributed by atoms with E-state index in [1.165, 1.54) is 5.56 Å². The summed E-state index contributed by atoms with van der Waals surface area (Å²) in [4.78, 5) is 20.0. The van der Waals surface area contributed by atoms with Gasteiger partial charge in [0.05, 0.1) is 11.1 Å². The summed E-state index contributed by atoms with van der Waals surface area (Å²) >= 11 is 0. The highest BCUT2D eigenvalue weighted by molar-refractivity contribution is 6.07. The second-order valence-electron chi connectivity index (χ2n) is 7.68. The first-order valence-corrected chi connectivity index (χ1v) is 9.67. The third kappa shape index (κ3) is 3.46. The summed E-state index contributed by atoms with van der Waals surface area (Å²) in [5, 5.41) is 5.27. The first-order chi connectivity index (χ1) is 13.0. The minimum absolute atomic E-state index is 0.131. The van der Waals surface area contributed by atoms with E-state index in [4.69, 9.17) is 4.98 Å². The van der Waals surface area contributed by atoms with Crippen LogP contribution in [0, 0.1) is 26.7 Å². The van der Waals surface area contributed by atoms with Crippen LogP contribution in [0.1, 0.15) is 40.0 Å². The maximum absolute atomic E-state index is 13.3. The molecule has 1 aliphatic rings. The molecule has 0 unspecified atom stereocenters. The zero-order chi connectivity index (χ0) is 19.0. The molecule has 0 aliphatic carbocycles. The number of aryl methyl sites for hydroxylation is 3. The predicted octanol–water partition coefficient (Wildman–Crippen LogP) is 3.91. The third-order valence-electron chi connectivity index (χ3n) is 5.77. The number of likely N-dealkylation sites (tertiary alicyclic amines) is 1. The Kier molecular flexibility index (Phi) is 4.68. The van der Waals surface area contributed by atoms with Gasteiger partial charge in [-0.2, -0.15) is 5.10 Å². The van der Waals surface area contributed by atoms with Crippen LogP contribution in [0.4, 0.5) is 0 Å². The standard InChI is InChI=1S/C22H26N4O/c1-15-5-6-19-20(13-16(2)24-21(19)17(15)3)22(27)25-11-7-18(8-12-25)14-26-10-4-9-23-26/h4-6,9-10,13,18H,7-8,11-12,14H2,1-3H3. The van der Waals surface area contributed by atoms with Gasteiger partial charge in [0, 0.05) is 43.1 Å². The number of piperidine rings is 1. The van der Waals surface area contributed by atoms with Crippen LogP contribution in [0.5, 0.6) is 0 Å². The highest BCUT2D eigenvalue weighted by atomic mass is 16.2. The zero-order valence-corrected chi connectivity index (χ0v) is 16.3. The molecular weight excluding hydrogens is 336 g/mol. The van der Waals surface area contributed by atoms with Crippen molar-refractivity contribution in [2.45, 2.75) is 40.2 Å². The lowest BCUT2D eigenvalue weighted by molar-refractivity contribution is 0.0683. The summed E-state index contributed by atoms with van der Waals surface area (Å²) in [6.45, 7) is 8.68. The molecule has 3 heterocycles. The van der Waals surface area contributed by atoms with E-state index >= 15 is 0 Å². The number of hydrogen-bond donors (Lipinski definition) is 0. The Morgan fingerprint density at radius 1 is 1.19 bits per heavy atom. The molecule has 2 aromatic heterocycles. The van der Waals surface area contributed by atoms with Crippen molar-refractivity contribution in [1.29, 1.82) is 0 Å². The van der Waals surface area contributed by atoms with E-state index in [1.807, 2.05) is 47.1 Å². The molecule has 0 N–H and O–H groups in total. The van der Waals surface area contributed by atoms with Gasteiger partial charge >= 0.3 is 0 Å². The van der Waals surface area contributed by atoms with Crippen molar-refractivity contribution in [2.75, 3.05) is 13.1 Å². The number of pyridine rings is 1. The van der Waals surface area contributed by atoms with E-state index in [0.29, 0.717) is 5.92 Å². The van der Waals surface area contributed by atoms with Crippen molar-refractivity contribution >= 4 is 16.8 Å². The molecule has 4 rings (SSSR count). The van der Waals surface area contributed by atoms with Gasteiger partial charge in [-0.1, -0.05) is 12.1 Å². The number of amides is 1. The minimum Gasteiger partial charge on any atom is -0.339 e. The van der Waals surface area contributed by atoms with Gasteiger partial charge in [0.2, 0.25) is 0 Å². The molecule has 5 heteroatoms. The minimum atomic E-state index is 0.131. The largest absolute Gasteiger partial charge is 0.339 e. The van der Waals surface area contributed by atoms with Gasteiger partial charge in [0.25, 0.3) is 5.91 Å². The monoisotopic (exact) mass is 362 g/mol. The van der Waals surface area contributed by atoms with Crippen LogP contribution in [0.2, 0.25) is 0 Å². The van der Waals surface area contributed by atoms with E-state index in [-0.39, 0.29) is 5.91 Å². The molecule has 5 nitrogen and oxygen atoms in total. The number of carbonyl (C=O) groups is 1. The average Bonchev–Trinajstić information content (AvgIpc) is 3.17. The molecule has 0 atom stereocenters. The Balaban J connectivity index is 1.54. The summed E-state index contributed by atoms with van der Waals surface area (Å²) < 4.78 is 1.99. The average molecular weight is 362 g/mol. The number of hydrogen-bond acceptors (Lipinski definition) is 3. The molecule has 0 spiro atoms. The number of nitrogens with zero attached hydrogens (tertiary/aromatic N) is 4. The van der Waals surface area contributed by atoms with Gasteiger partial charge in [0.15, 0.2) is 0 Å². The number of rotatable bonds is 3. The number of benzene rings is 1. The normalized spacial score (nSPS) is 15.4. The van der Waals surface area contributed by atoms with Crippen LogP contribution >= 0.6 is 0 Å². The lowest BCUT2D eigenvalue weighted by atomic mass is 9.95. The topological polar surface area (TPSA) is 51.0 Å². The number of aromatic nitrogens is 3. The second kappa shape index (κ2) is 7.14. The smallest absolute Gasteiger partial charge is 0.254 e. The van der Waals surface area contributed by atoms with Crippen molar-refractivity contribution in [2.24, 2.45) is 5.92 Å².